The van der Waals surface area contributed by atoms with E-state index in [1.54, 1.807) is 36.7 Å². The van der Waals surface area contributed by atoms with Crippen LogP contribution in [-0.2, 0) is 0 Å². The van der Waals surface area contributed by atoms with Crippen molar-refractivity contribution >= 4 is 45.8 Å². The van der Waals surface area contributed by atoms with Gasteiger partial charge in [0.1, 0.15) is 0 Å². The third-order valence-corrected chi connectivity index (χ3v) is 3.09. The molecule has 0 aliphatic carbocycles. The first-order chi connectivity index (χ1) is 8.16. The zero-order chi connectivity index (χ0) is 12.3. The molecule has 86 valence electrons. The molecule has 2 aromatic rings. The Bertz CT molecular complexity index is 545. The molecule has 2 rings (SSSR count). The summed E-state index contributed by atoms with van der Waals surface area (Å²) in [5, 5.41) is 3.17. The van der Waals surface area contributed by atoms with E-state index in [1.807, 2.05) is 6.07 Å². The van der Waals surface area contributed by atoms with Crippen molar-refractivity contribution in [3.8, 4) is 0 Å². The van der Waals surface area contributed by atoms with Crippen molar-refractivity contribution in [3.63, 3.8) is 0 Å². The second-order valence-electron chi connectivity index (χ2n) is 3.32. The lowest BCUT2D eigenvalue weighted by Crippen LogP contribution is -2.12. The maximum Gasteiger partial charge on any atom is 0.257 e. The molecule has 0 saturated heterocycles. The number of halogens is 2. The summed E-state index contributed by atoms with van der Waals surface area (Å²) in [6, 6.07) is 8.83. The predicted molar refractivity (Wildman–Crippen MR) is 76.4 cm³/mol. The van der Waals surface area contributed by atoms with Gasteiger partial charge in [0.05, 0.1) is 22.5 Å². The van der Waals surface area contributed by atoms with Crippen LogP contribution in [0.25, 0.3) is 0 Å². The fraction of sp³-hybridized carbons (Fsp3) is 0. The van der Waals surface area contributed by atoms with Gasteiger partial charge in [-0.2, -0.15) is 0 Å². The molecule has 1 aromatic carbocycles. The van der Waals surface area contributed by atoms with Crippen molar-refractivity contribution in [2.45, 2.75) is 0 Å². The second kappa shape index (κ2) is 5.46. The number of amides is 1. The molecule has 0 unspecified atom stereocenters. The van der Waals surface area contributed by atoms with Gasteiger partial charge >= 0.3 is 0 Å². The van der Waals surface area contributed by atoms with E-state index in [2.05, 4.69) is 32.9 Å². The molecule has 0 aliphatic rings. The van der Waals surface area contributed by atoms with Gasteiger partial charge in [0.15, 0.2) is 0 Å². The Labute approximate surface area is 117 Å². The SMILES string of the molecule is O=C(Nc1cccnc1)c1cc(I)ccc1Cl. The number of carbonyl (C=O) groups is 1. The number of nitrogens with one attached hydrogen (secondary N) is 1. The van der Waals surface area contributed by atoms with E-state index >= 15 is 0 Å². The molecule has 0 aliphatic heterocycles. The minimum Gasteiger partial charge on any atom is -0.321 e. The van der Waals surface area contributed by atoms with Crippen molar-refractivity contribution < 1.29 is 4.79 Å². The second-order valence-corrected chi connectivity index (χ2v) is 4.97. The van der Waals surface area contributed by atoms with Gasteiger partial charge in [-0.15, -0.1) is 0 Å². The summed E-state index contributed by atoms with van der Waals surface area (Å²) >= 11 is 8.11. The van der Waals surface area contributed by atoms with Crippen LogP contribution in [0.3, 0.4) is 0 Å². The van der Waals surface area contributed by atoms with Crippen molar-refractivity contribution in [2.24, 2.45) is 0 Å². The largest absolute Gasteiger partial charge is 0.321 e. The summed E-state index contributed by atoms with van der Waals surface area (Å²) in [6.07, 6.45) is 3.23. The number of hydrogen-bond acceptors (Lipinski definition) is 2. The molecule has 3 nitrogen and oxygen atoms in total. The number of anilines is 1. The van der Waals surface area contributed by atoms with Crippen molar-refractivity contribution in [1.29, 1.82) is 0 Å². The molecule has 1 heterocycles. The summed E-state index contributed by atoms with van der Waals surface area (Å²) in [7, 11) is 0. The lowest BCUT2D eigenvalue weighted by molar-refractivity contribution is 0.102. The van der Waals surface area contributed by atoms with E-state index in [1.165, 1.54) is 0 Å². The molecular formula is C12H8ClIN2O. The maximum atomic E-state index is 12.0. The van der Waals surface area contributed by atoms with E-state index in [4.69, 9.17) is 11.6 Å². The number of rotatable bonds is 2. The van der Waals surface area contributed by atoms with Gasteiger partial charge in [-0.3, -0.25) is 9.78 Å². The number of hydrogen-bond donors (Lipinski definition) is 1. The van der Waals surface area contributed by atoms with Crippen LogP contribution >= 0.6 is 34.2 Å². The number of pyridine rings is 1. The number of nitrogens with zero attached hydrogens (tertiary/aromatic N) is 1. The van der Waals surface area contributed by atoms with E-state index in [-0.39, 0.29) is 5.91 Å². The van der Waals surface area contributed by atoms with Crippen LogP contribution in [0.1, 0.15) is 10.4 Å². The molecule has 1 N–H and O–H groups in total. The van der Waals surface area contributed by atoms with Crippen LogP contribution in [0.5, 0.6) is 0 Å². The van der Waals surface area contributed by atoms with Gasteiger partial charge in [0.2, 0.25) is 0 Å². The molecule has 0 spiro atoms. The van der Waals surface area contributed by atoms with Gasteiger partial charge in [0.25, 0.3) is 5.91 Å². The monoisotopic (exact) mass is 358 g/mol. The zero-order valence-corrected chi connectivity index (χ0v) is 11.6. The molecule has 1 aromatic heterocycles. The molecular weight excluding hydrogens is 351 g/mol. The number of aromatic nitrogens is 1. The molecule has 1 amide bonds. The highest BCUT2D eigenvalue weighted by Crippen LogP contribution is 2.20. The van der Waals surface area contributed by atoms with Crippen LogP contribution in [0.2, 0.25) is 5.02 Å². The summed E-state index contributed by atoms with van der Waals surface area (Å²) in [5.41, 5.74) is 1.11. The smallest absolute Gasteiger partial charge is 0.257 e. The number of benzene rings is 1. The predicted octanol–water partition coefficient (Wildman–Crippen LogP) is 3.59. The molecule has 0 bridgehead atoms. The maximum absolute atomic E-state index is 12.0. The minimum absolute atomic E-state index is 0.235. The van der Waals surface area contributed by atoms with Gasteiger partial charge in [-0.05, 0) is 52.9 Å². The van der Waals surface area contributed by atoms with Gasteiger partial charge in [0, 0.05) is 9.77 Å². The van der Waals surface area contributed by atoms with Gasteiger partial charge in [-0.1, -0.05) is 11.6 Å². The van der Waals surface area contributed by atoms with E-state index in [0.29, 0.717) is 16.3 Å². The molecule has 0 radical (unpaired) electrons. The Balaban J connectivity index is 2.23. The van der Waals surface area contributed by atoms with Crippen molar-refractivity contribution in [2.75, 3.05) is 5.32 Å². The van der Waals surface area contributed by atoms with Crippen molar-refractivity contribution in [3.05, 3.63) is 56.9 Å². The normalized spacial score (nSPS) is 10.0. The quantitative estimate of drug-likeness (QED) is 0.834. The molecule has 17 heavy (non-hydrogen) atoms. The zero-order valence-electron chi connectivity index (χ0n) is 8.65. The van der Waals surface area contributed by atoms with Crippen LogP contribution in [0.4, 0.5) is 5.69 Å². The molecule has 0 fully saturated rings. The third-order valence-electron chi connectivity index (χ3n) is 2.09. The fourth-order valence-electron chi connectivity index (χ4n) is 1.31. The van der Waals surface area contributed by atoms with Gasteiger partial charge < -0.3 is 5.32 Å². The third kappa shape index (κ3) is 3.17. The fourth-order valence-corrected chi connectivity index (χ4v) is 2.00. The first kappa shape index (κ1) is 12.3. The molecule has 5 heteroatoms. The highest BCUT2D eigenvalue weighted by Gasteiger charge is 2.10. The molecule has 0 saturated carbocycles. The van der Waals surface area contributed by atoms with Crippen LogP contribution in [0, 0.1) is 3.57 Å². The standard InChI is InChI=1S/C12H8ClIN2O/c13-11-4-3-8(14)6-10(11)12(17)16-9-2-1-5-15-7-9/h1-7H,(H,16,17). The average molecular weight is 359 g/mol. The van der Waals surface area contributed by atoms with Crippen molar-refractivity contribution in [1.82, 2.24) is 4.98 Å². The van der Waals surface area contributed by atoms with Crippen LogP contribution < -0.4 is 5.32 Å². The first-order valence-corrected chi connectivity index (χ1v) is 6.29. The van der Waals surface area contributed by atoms with E-state index < -0.39 is 0 Å². The summed E-state index contributed by atoms with van der Waals surface area (Å²) in [4.78, 5) is 15.9. The Kier molecular flexibility index (Phi) is 3.96. The molecule has 0 atom stereocenters. The lowest BCUT2D eigenvalue weighted by Gasteiger charge is -2.06. The average Bonchev–Trinajstić information content (AvgIpc) is 2.33. The Morgan fingerprint density at radius 1 is 1.35 bits per heavy atom. The van der Waals surface area contributed by atoms with E-state index in [0.717, 1.165) is 3.57 Å². The minimum atomic E-state index is -0.235. The summed E-state index contributed by atoms with van der Waals surface area (Å²) in [6.45, 7) is 0. The Morgan fingerprint density at radius 3 is 2.88 bits per heavy atom. The Hall–Kier alpha value is -1.14. The Morgan fingerprint density at radius 2 is 2.18 bits per heavy atom. The van der Waals surface area contributed by atoms with E-state index in [9.17, 15) is 4.79 Å². The highest BCUT2D eigenvalue weighted by molar-refractivity contribution is 14.1. The first-order valence-electron chi connectivity index (χ1n) is 4.83. The lowest BCUT2D eigenvalue weighted by atomic mass is 10.2. The van der Waals surface area contributed by atoms with Gasteiger partial charge in [-0.25, -0.2) is 0 Å². The van der Waals surface area contributed by atoms with Crippen LogP contribution in [-0.4, -0.2) is 10.9 Å². The summed E-state index contributed by atoms with van der Waals surface area (Å²) in [5.74, 6) is -0.235. The number of carbonyl (C=O) groups excluding carboxylic acids is 1. The van der Waals surface area contributed by atoms with Crippen LogP contribution in [0.15, 0.2) is 42.7 Å². The highest BCUT2D eigenvalue weighted by atomic mass is 127. The topological polar surface area (TPSA) is 42.0 Å². The summed E-state index contributed by atoms with van der Waals surface area (Å²) < 4.78 is 0.961.